The first kappa shape index (κ1) is 35.0. The Kier molecular flexibility index (Phi) is 7.73. The van der Waals surface area contributed by atoms with Gasteiger partial charge in [-0.25, -0.2) is 0 Å². The summed E-state index contributed by atoms with van der Waals surface area (Å²) in [4.78, 5) is 2.40. The monoisotopic (exact) mass is 783 g/mol. The van der Waals surface area contributed by atoms with Crippen molar-refractivity contribution in [3.05, 3.63) is 246 Å². The topological polar surface area (TPSA) is 3.24 Å². The molecule has 2 aliphatic rings. The Morgan fingerprint density at radius 2 is 0.867 bits per heavy atom. The lowest BCUT2D eigenvalue weighted by molar-refractivity contribution is 0.563. The highest BCUT2D eigenvalue weighted by Crippen LogP contribution is 2.62. The van der Waals surface area contributed by atoms with Crippen LogP contribution in [-0.4, -0.2) is 0 Å². The van der Waals surface area contributed by atoms with Crippen molar-refractivity contribution in [2.24, 2.45) is 0 Å². The number of hydrogen-bond acceptors (Lipinski definition) is 2. The minimum atomic E-state index is -0.399. The maximum Gasteiger partial charge on any atom is 0.0719 e. The van der Waals surface area contributed by atoms with Crippen LogP contribution < -0.4 is 4.90 Å². The second-order valence-corrected chi connectivity index (χ2v) is 17.9. The van der Waals surface area contributed by atoms with Gasteiger partial charge in [0, 0.05) is 42.6 Å². The van der Waals surface area contributed by atoms with E-state index in [1.54, 1.807) is 0 Å². The summed E-state index contributed by atoms with van der Waals surface area (Å²) in [5, 5.41) is 2.64. The average molecular weight is 784 g/mol. The van der Waals surface area contributed by atoms with E-state index in [-0.39, 0.29) is 5.41 Å². The van der Waals surface area contributed by atoms with Gasteiger partial charge in [0.15, 0.2) is 0 Å². The molecule has 0 saturated carbocycles. The van der Waals surface area contributed by atoms with E-state index in [1.807, 2.05) is 11.3 Å². The molecule has 284 valence electrons. The number of hydrogen-bond donors (Lipinski definition) is 0. The van der Waals surface area contributed by atoms with Gasteiger partial charge in [-0.2, -0.15) is 0 Å². The number of para-hydroxylation sites is 1. The van der Waals surface area contributed by atoms with Gasteiger partial charge in [-0.05, 0) is 115 Å². The van der Waals surface area contributed by atoms with Gasteiger partial charge in [-0.1, -0.05) is 178 Å². The summed E-state index contributed by atoms with van der Waals surface area (Å²) in [7, 11) is 0. The number of fused-ring (bicyclic) bond motifs is 12. The number of rotatable bonds is 5. The van der Waals surface area contributed by atoms with Crippen LogP contribution in [0.2, 0.25) is 0 Å². The van der Waals surface area contributed by atoms with Gasteiger partial charge < -0.3 is 4.90 Å². The van der Waals surface area contributed by atoms with Crippen LogP contribution in [0.5, 0.6) is 0 Å². The lowest BCUT2D eigenvalue weighted by Crippen LogP contribution is -2.40. The third kappa shape index (κ3) is 4.98. The molecule has 2 aliphatic carbocycles. The summed E-state index contributed by atoms with van der Waals surface area (Å²) in [5.41, 5.74) is 18.6. The molecule has 0 amide bonds. The Morgan fingerprint density at radius 1 is 0.350 bits per heavy atom. The fourth-order valence-electron chi connectivity index (χ4n) is 10.7. The van der Waals surface area contributed by atoms with Crippen molar-refractivity contribution in [1.82, 2.24) is 0 Å². The molecule has 1 nitrogen and oxygen atoms in total. The normalized spacial score (nSPS) is 14.1. The van der Waals surface area contributed by atoms with Crippen molar-refractivity contribution in [3.63, 3.8) is 0 Å². The maximum absolute atomic E-state index is 2.49. The lowest BCUT2D eigenvalue weighted by atomic mass is 9.55. The largest absolute Gasteiger partial charge is 0.310 e. The highest BCUT2D eigenvalue weighted by Gasteiger charge is 2.53. The van der Waals surface area contributed by atoms with Gasteiger partial charge in [-0.3, -0.25) is 0 Å². The van der Waals surface area contributed by atoms with E-state index in [0.29, 0.717) is 0 Å². The molecule has 1 aromatic heterocycles. The molecule has 0 atom stereocenters. The zero-order valence-corrected chi connectivity index (χ0v) is 34.4. The van der Waals surface area contributed by atoms with Gasteiger partial charge in [0.1, 0.15) is 0 Å². The first-order valence-corrected chi connectivity index (χ1v) is 21.7. The third-order valence-electron chi connectivity index (χ3n) is 13.3. The molecule has 0 aliphatic heterocycles. The van der Waals surface area contributed by atoms with Gasteiger partial charge in [0.2, 0.25) is 0 Å². The molecular formula is C58H41NS. The molecule has 1 spiro atoms. The molecule has 9 aromatic carbocycles. The van der Waals surface area contributed by atoms with Crippen LogP contribution in [0.1, 0.15) is 47.2 Å². The molecule has 60 heavy (non-hydrogen) atoms. The summed E-state index contributed by atoms with van der Waals surface area (Å²) < 4.78 is 2.65. The predicted molar refractivity (Wildman–Crippen MR) is 254 cm³/mol. The van der Waals surface area contributed by atoms with Gasteiger partial charge in [0.05, 0.1) is 5.41 Å². The number of nitrogens with zero attached hydrogens (tertiary/aromatic N) is 1. The maximum atomic E-state index is 2.49. The molecule has 0 radical (unpaired) electrons. The number of anilines is 3. The van der Waals surface area contributed by atoms with E-state index in [9.17, 15) is 0 Å². The van der Waals surface area contributed by atoms with Crippen molar-refractivity contribution >= 4 is 48.6 Å². The molecule has 0 bridgehead atoms. The zero-order chi connectivity index (χ0) is 40.0. The Balaban J connectivity index is 1.01. The second kappa shape index (κ2) is 13.3. The summed E-state index contributed by atoms with van der Waals surface area (Å²) in [6.45, 7) is 4.82. The van der Waals surface area contributed by atoms with Crippen LogP contribution in [0.3, 0.4) is 0 Å². The molecule has 1 heterocycles. The zero-order valence-electron chi connectivity index (χ0n) is 33.6. The van der Waals surface area contributed by atoms with E-state index in [2.05, 4.69) is 231 Å². The van der Waals surface area contributed by atoms with Crippen molar-refractivity contribution in [2.45, 2.75) is 24.7 Å². The van der Waals surface area contributed by atoms with Crippen LogP contribution in [0.4, 0.5) is 17.1 Å². The summed E-state index contributed by atoms with van der Waals surface area (Å²) in [5.74, 6) is 0. The lowest BCUT2D eigenvalue weighted by Gasteiger charge is -2.46. The molecule has 0 N–H and O–H groups in total. The van der Waals surface area contributed by atoms with Gasteiger partial charge >= 0.3 is 0 Å². The Hall–Kier alpha value is -7.00. The van der Waals surface area contributed by atoms with Crippen LogP contribution >= 0.6 is 11.3 Å². The molecule has 12 rings (SSSR count). The van der Waals surface area contributed by atoms with Crippen LogP contribution in [0.25, 0.3) is 53.6 Å². The average Bonchev–Trinajstić information content (AvgIpc) is 3.83. The third-order valence-corrected chi connectivity index (χ3v) is 14.5. The Morgan fingerprint density at radius 3 is 1.62 bits per heavy atom. The predicted octanol–water partition coefficient (Wildman–Crippen LogP) is 15.9. The molecular weight excluding hydrogens is 743 g/mol. The molecule has 0 saturated heterocycles. The Labute approximate surface area is 355 Å². The highest BCUT2D eigenvalue weighted by molar-refractivity contribution is 7.26. The van der Waals surface area contributed by atoms with Gasteiger partial charge in [-0.15, -0.1) is 11.3 Å². The molecule has 0 fully saturated rings. The first-order chi connectivity index (χ1) is 29.5. The van der Waals surface area contributed by atoms with E-state index >= 15 is 0 Å². The standard InChI is InChI=1S/C58H41NS/c1-57(2)51-30-11-12-31-52(51)58(49-28-9-6-23-45(49)46-24-7-10-29-50(46)58)53-34-33-39(37-54(53)57)38-17-14-21-42(35-38)59(41-19-4-3-5-20-41)43-22-15-18-40(36-43)44-26-16-27-48-47-25-8-13-32-55(47)60-56(44)48/h3-37H,1-2H3. The van der Waals surface area contributed by atoms with Crippen LogP contribution in [-0.2, 0) is 10.8 Å². The van der Waals surface area contributed by atoms with Crippen LogP contribution in [0, 0.1) is 0 Å². The van der Waals surface area contributed by atoms with E-state index in [4.69, 9.17) is 0 Å². The minimum absolute atomic E-state index is 0.217. The first-order valence-electron chi connectivity index (χ1n) is 20.9. The van der Waals surface area contributed by atoms with Gasteiger partial charge in [0.25, 0.3) is 0 Å². The summed E-state index contributed by atoms with van der Waals surface area (Å²) >= 11 is 1.88. The van der Waals surface area contributed by atoms with E-state index < -0.39 is 5.41 Å². The molecule has 2 heteroatoms. The van der Waals surface area contributed by atoms with Crippen molar-refractivity contribution in [3.8, 4) is 33.4 Å². The van der Waals surface area contributed by atoms with Crippen molar-refractivity contribution < 1.29 is 0 Å². The molecule has 0 unspecified atom stereocenters. The van der Waals surface area contributed by atoms with E-state index in [1.165, 1.54) is 86.9 Å². The fraction of sp³-hybridized carbons (Fsp3) is 0.0690. The van der Waals surface area contributed by atoms with E-state index in [0.717, 1.165) is 17.1 Å². The smallest absolute Gasteiger partial charge is 0.0719 e. The fourth-order valence-corrected chi connectivity index (χ4v) is 11.9. The summed E-state index contributed by atoms with van der Waals surface area (Å²) in [6.07, 6.45) is 0. The van der Waals surface area contributed by atoms with Crippen molar-refractivity contribution in [1.29, 1.82) is 0 Å². The minimum Gasteiger partial charge on any atom is -0.310 e. The Bertz CT molecular complexity index is 3270. The quantitative estimate of drug-likeness (QED) is 0.168. The highest BCUT2D eigenvalue weighted by atomic mass is 32.1. The number of benzene rings is 9. The number of thiophene rings is 1. The summed E-state index contributed by atoms with van der Waals surface area (Å²) in [6, 6.07) is 79.1. The second-order valence-electron chi connectivity index (χ2n) is 16.8. The van der Waals surface area contributed by atoms with Crippen LogP contribution in [0.15, 0.2) is 212 Å². The SMILES string of the molecule is CC1(C)c2ccccc2C2(c3ccccc3-c3ccccc32)c2ccc(-c3cccc(N(c4ccccc4)c4cccc(-c5cccc6c5sc5ccccc56)c4)c3)cc21. The van der Waals surface area contributed by atoms with Crippen molar-refractivity contribution in [2.75, 3.05) is 4.90 Å². The molecule has 10 aromatic rings.